The predicted molar refractivity (Wildman–Crippen MR) is 144 cm³/mol. The van der Waals surface area contributed by atoms with Gasteiger partial charge in [-0.25, -0.2) is 3.63 Å². The number of nitrogens with zero attached hydrogens (tertiary/aromatic N) is 1. The third-order valence-electron chi connectivity index (χ3n) is 6.72. The van der Waals surface area contributed by atoms with Gasteiger partial charge in [0.25, 0.3) is 0 Å². The average molecular weight is 660 g/mol. The fourth-order valence-electron chi connectivity index (χ4n) is 4.46. The van der Waals surface area contributed by atoms with Crippen molar-refractivity contribution in [2.75, 3.05) is 12.5 Å². The molecule has 0 fully saturated rings. The number of alkyl halides is 9. The minimum Gasteiger partial charge on any atom is -0.341 e. The van der Waals surface area contributed by atoms with E-state index in [1.165, 1.54) is 12.1 Å². The second-order valence-electron chi connectivity index (χ2n) is 9.77. The summed E-state index contributed by atoms with van der Waals surface area (Å²) in [5.41, 5.74) is 2.17. The molecular formula is C27H22F9NO4S2. The van der Waals surface area contributed by atoms with Crippen LogP contribution in [0, 0.1) is 0 Å². The Bertz CT molecular complexity index is 1810. The Morgan fingerprint density at radius 1 is 0.744 bits per heavy atom. The third kappa shape index (κ3) is 5.16. The molecule has 0 N–H and O–H groups in total. The number of benzene rings is 3. The van der Waals surface area contributed by atoms with Crippen LogP contribution >= 0.6 is 10.3 Å². The first-order valence-corrected chi connectivity index (χ1v) is 15.9. The quantitative estimate of drug-likeness (QED) is 0.134. The lowest BCUT2D eigenvalue weighted by atomic mass is 10.0. The molecule has 0 spiro atoms. The van der Waals surface area contributed by atoms with E-state index in [0.717, 1.165) is 46.5 Å². The number of para-hydroxylation sites is 1. The van der Waals surface area contributed by atoms with Crippen LogP contribution in [0.25, 0.3) is 21.8 Å². The summed E-state index contributed by atoms with van der Waals surface area (Å²) in [5.74, 6) is -15.3. The second kappa shape index (κ2) is 10.4. The average Bonchev–Trinajstić information content (AvgIpc) is 3.24. The minimum absolute atomic E-state index is 0.0575. The number of hydrogen-bond donors (Lipinski definition) is 0. The van der Waals surface area contributed by atoms with Crippen molar-refractivity contribution in [1.82, 2.24) is 4.57 Å². The van der Waals surface area contributed by atoms with E-state index in [1.807, 2.05) is 31.2 Å². The Morgan fingerprint density at radius 2 is 1.28 bits per heavy atom. The number of ketones is 1. The monoisotopic (exact) mass is 659 g/mol. The number of rotatable bonds is 9. The topological polar surface area (TPSA) is 65.4 Å². The zero-order chi connectivity index (χ0) is 32.4. The molecule has 0 unspecified atom stereocenters. The summed E-state index contributed by atoms with van der Waals surface area (Å²) in [5, 5.41) is -5.26. The summed E-state index contributed by atoms with van der Waals surface area (Å²) in [7, 11) is -10.6. The largest absolute Gasteiger partial charge is 0.460 e. The van der Waals surface area contributed by atoms with Crippen molar-refractivity contribution in [1.29, 1.82) is 0 Å². The Kier molecular flexibility index (Phi) is 7.93. The second-order valence-corrected chi connectivity index (χ2v) is 14.7. The van der Waals surface area contributed by atoms with Gasteiger partial charge in [0.05, 0.1) is 0 Å². The Labute approximate surface area is 240 Å². The number of carbonyl (C=O) groups excluding carboxylic acids is 1. The standard InChI is InChI=1S/C27H22F9NO4S2/c1-4-37-21-8-6-5-7-19(21)20-15-17(11-14-22(20)37)23(38)16-9-12-18(13-10-16)42(2,3)41-43(39,40)27(35,36)25(30,31)24(28,29)26(32,33)34/h5-15H,4H2,1-3H3. The zero-order valence-corrected chi connectivity index (χ0v) is 24.0. The molecule has 16 heteroatoms. The summed E-state index contributed by atoms with van der Waals surface area (Å²) in [6, 6.07) is 17.1. The summed E-state index contributed by atoms with van der Waals surface area (Å²) in [4.78, 5) is 13.0. The molecule has 43 heavy (non-hydrogen) atoms. The van der Waals surface area contributed by atoms with Gasteiger partial charge in [-0.05, 0) is 68.0 Å². The molecular weight excluding hydrogens is 637 g/mol. The van der Waals surface area contributed by atoms with E-state index in [9.17, 15) is 52.7 Å². The molecule has 0 amide bonds. The molecule has 0 saturated heterocycles. The van der Waals surface area contributed by atoms with E-state index in [4.69, 9.17) is 0 Å². The highest BCUT2D eigenvalue weighted by atomic mass is 32.3. The number of aryl methyl sites for hydroxylation is 1. The van der Waals surface area contributed by atoms with E-state index in [2.05, 4.69) is 8.20 Å². The van der Waals surface area contributed by atoms with E-state index >= 15 is 0 Å². The maximum Gasteiger partial charge on any atom is 0.460 e. The molecule has 5 nitrogen and oxygen atoms in total. The highest BCUT2D eigenvalue weighted by Crippen LogP contribution is 2.59. The number of carbonyl (C=O) groups is 1. The smallest absolute Gasteiger partial charge is 0.341 e. The molecule has 0 aliphatic rings. The van der Waals surface area contributed by atoms with Crippen LogP contribution in [-0.4, -0.2) is 54.6 Å². The van der Waals surface area contributed by atoms with Gasteiger partial charge in [-0.2, -0.15) is 47.9 Å². The lowest BCUT2D eigenvalue weighted by molar-refractivity contribution is -0.382. The fraction of sp³-hybridized carbons (Fsp3) is 0.296. The van der Waals surface area contributed by atoms with Crippen molar-refractivity contribution in [2.45, 2.75) is 41.6 Å². The van der Waals surface area contributed by atoms with Gasteiger partial charge in [0.1, 0.15) is 0 Å². The maximum atomic E-state index is 14.2. The van der Waals surface area contributed by atoms with Gasteiger partial charge in [0, 0.05) is 44.4 Å². The summed E-state index contributed by atoms with van der Waals surface area (Å²) < 4.78 is 150. The van der Waals surface area contributed by atoms with Gasteiger partial charge >= 0.3 is 33.4 Å². The molecule has 0 saturated carbocycles. The Balaban J connectivity index is 1.62. The van der Waals surface area contributed by atoms with Crippen LogP contribution < -0.4 is 0 Å². The van der Waals surface area contributed by atoms with Gasteiger partial charge in [-0.15, -0.1) is 0 Å². The van der Waals surface area contributed by atoms with E-state index < -0.39 is 49.5 Å². The molecule has 4 aromatic rings. The van der Waals surface area contributed by atoms with Gasteiger partial charge in [-0.3, -0.25) is 4.79 Å². The molecule has 0 radical (unpaired) electrons. The van der Waals surface area contributed by atoms with Crippen molar-refractivity contribution in [3.05, 3.63) is 77.9 Å². The molecule has 0 aliphatic carbocycles. The molecule has 0 aliphatic heterocycles. The van der Waals surface area contributed by atoms with Crippen LogP contribution in [-0.2, 0) is 20.3 Å². The normalized spacial score (nSPS) is 14.4. The first kappa shape index (κ1) is 32.7. The molecule has 4 rings (SSSR count). The molecule has 1 heterocycles. The lowest BCUT2D eigenvalue weighted by Crippen LogP contribution is -2.63. The summed E-state index contributed by atoms with van der Waals surface area (Å²) >= 11 is 0. The molecule has 1 aromatic heterocycles. The van der Waals surface area contributed by atoms with Crippen molar-refractivity contribution in [2.24, 2.45) is 0 Å². The molecule has 3 aromatic carbocycles. The molecule has 0 atom stereocenters. The van der Waals surface area contributed by atoms with Crippen LogP contribution in [0.4, 0.5) is 39.5 Å². The molecule has 234 valence electrons. The minimum atomic E-state index is -7.41. The van der Waals surface area contributed by atoms with Crippen LogP contribution in [0.3, 0.4) is 0 Å². The first-order valence-electron chi connectivity index (χ1n) is 12.2. The summed E-state index contributed by atoms with van der Waals surface area (Å²) in [6.45, 7) is 2.64. The zero-order valence-electron chi connectivity index (χ0n) is 22.4. The van der Waals surface area contributed by atoms with Crippen LogP contribution in [0.5, 0.6) is 0 Å². The predicted octanol–water partition coefficient (Wildman–Crippen LogP) is 8.16. The maximum absolute atomic E-state index is 14.2. The van der Waals surface area contributed by atoms with Crippen LogP contribution in [0.15, 0.2) is 71.6 Å². The van der Waals surface area contributed by atoms with Gasteiger partial charge < -0.3 is 4.57 Å². The van der Waals surface area contributed by atoms with E-state index in [-0.39, 0.29) is 16.0 Å². The number of aromatic nitrogens is 1. The van der Waals surface area contributed by atoms with E-state index in [1.54, 1.807) is 18.2 Å². The van der Waals surface area contributed by atoms with Crippen LogP contribution in [0.2, 0.25) is 0 Å². The van der Waals surface area contributed by atoms with Gasteiger partial charge in [0.15, 0.2) is 5.78 Å². The highest BCUT2D eigenvalue weighted by Gasteiger charge is 2.86. The summed E-state index contributed by atoms with van der Waals surface area (Å²) in [6.07, 6.45) is -5.48. The fourth-order valence-corrected chi connectivity index (χ4v) is 8.14. The van der Waals surface area contributed by atoms with E-state index in [0.29, 0.717) is 6.54 Å². The van der Waals surface area contributed by atoms with Gasteiger partial charge in [-0.1, -0.05) is 28.5 Å². The Hall–Kier alpha value is -3.24. The Morgan fingerprint density at radius 3 is 1.84 bits per heavy atom. The number of halogens is 9. The third-order valence-corrected chi connectivity index (χ3v) is 11.1. The van der Waals surface area contributed by atoms with Crippen molar-refractivity contribution in [3.63, 3.8) is 0 Å². The number of fused-ring (bicyclic) bond motifs is 3. The van der Waals surface area contributed by atoms with Gasteiger partial charge in [0.2, 0.25) is 0 Å². The van der Waals surface area contributed by atoms with Crippen molar-refractivity contribution < 1.29 is 56.4 Å². The SMILES string of the molecule is CCn1c2ccccc2c2cc(C(=O)c3ccc(S(C)(C)OS(=O)(=O)C(F)(F)C(F)(F)C(F)(F)C(F)(F)F)cc3)ccc21. The van der Waals surface area contributed by atoms with Crippen molar-refractivity contribution >= 4 is 48.0 Å². The lowest BCUT2D eigenvalue weighted by Gasteiger charge is -2.36. The first-order chi connectivity index (χ1) is 19.6. The molecule has 0 bridgehead atoms. The number of hydrogen-bond acceptors (Lipinski definition) is 4. The van der Waals surface area contributed by atoms with Crippen molar-refractivity contribution in [3.8, 4) is 0 Å². The van der Waals surface area contributed by atoms with Crippen LogP contribution in [0.1, 0.15) is 22.8 Å². The highest BCUT2D eigenvalue weighted by molar-refractivity contribution is 8.32.